The second kappa shape index (κ2) is 54.2. The summed E-state index contributed by atoms with van der Waals surface area (Å²) in [4.78, 5) is 13.1. The number of nitrogens with one attached hydrogen (secondary N) is 1. The number of carbonyl (C=O) groups excluding carboxylic acids is 1. The van der Waals surface area contributed by atoms with Gasteiger partial charge in [0.05, 0.1) is 25.4 Å². The molecule has 1 saturated heterocycles. The van der Waals surface area contributed by atoms with Crippen molar-refractivity contribution < 1.29 is 39.8 Å². The molecule has 1 fully saturated rings. The predicted molar refractivity (Wildman–Crippen MR) is 317 cm³/mol. The number of ether oxygens (including phenoxy) is 2. The quantitative estimate of drug-likeness (QED) is 0.0261. The van der Waals surface area contributed by atoms with Gasteiger partial charge in [0.1, 0.15) is 24.4 Å². The van der Waals surface area contributed by atoms with Crippen LogP contribution in [0.1, 0.15) is 245 Å². The van der Waals surface area contributed by atoms with Crippen molar-refractivity contribution in [3.8, 4) is 0 Å². The summed E-state index contributed by atoms with van der Waals surface area (Å²) in [6, 6.07) is -0.846. The van der Waals surface area contributed by atoms with Crippen molar-refractivity contribution in [2.45, 2.75) is 288 Å². The molecule has 1 amide bonds. The van der Waals surface area contributed by atoms with Crippen molar-refractivity contribution in [3.63, 3.8) is 0 Å². The van der Waals surface area contributed by atoms with Crippen LogP contribution in [-0.2, 0) is 14.3 Å². The number of hydrogen-bond donors (Lipinski definition) is 6. The van der Waals surface area contributed by atoms with Crippen molar-refractivity contribution in [2.75, 3.05) is 13.2 Å². The van der Waals surface area contributed by atoms with Crippen LogP contribution >= 0.6 is 0 Å². The molecule has 0 saturated carbocycles. The van der Waals surface area contributed by atoms with E-state index in [1.54, 1.807) is 6.08 Å². The highest BCUT2D eigenvalue weighted by Crippen LogP contribution is 2.23. The Morgan fingerprint density at radius 3 is 1.28 bits per heavy atom. The Morgan fingerprint density at radius 1 is 0.467 bits per heavy atom. The van der Waals surface area contributed by atoms with E-state index in [-0.39, 0.29) is 12.5 Å². The maximum absolute atomic E-state index is 13.1. The van der Waals surface area contributed by atoms with Gasteiger partial charge in [-0.2, -0.15) is 0 Å². The van der Waals surface area contributed by atoms with E-state index in [9.17, 15) is 30.3 Å². The molecule has 430 valence electrons. The van der Waals surface area contributed by atoms with E-state index in [0.29, 0.717) is 6.42 Å². The molecule has 0 aromatic carbocycles. The lowest BCUT2D eigenvalue weighted by Gasteiger charge is -2.40. The first-order chi connectivity index (χ1) is 36.8. The Labute approximate surface area is 459 Å². The van der Waals surface area contributed by atoms with Crippen LogP contribution in [0.5, 0.6) is 0 Å². The van der Waals surface area contributed by atoms with Gasteiger partial charge in [0, 0.05) is 6.42 Å². The second-order valence-electron chi connectivity index (χ2n) is 20.7. The Hall–Kier alpha value is -3.15. The molecule has 75 heavy (non-hydrogen) atoms. The fraction of sp³-hybridized carbons (Fsp3) is 0.712. The molecule has 1 heterocycles. The molecule has 7 unspecified atom stereocenters. The zero-order valence-corrected chi connectivity index (χ0v) is 47.8. The van der Waals surface area contributed by atoms with E-state index in [2.05, 4.69) is 116 Å². The first-order valence-corrected chi connectivity index (χ1v) is 30.6. The lowest BCUT2D eigenvalue weighted by atomic mass is 9.99. The van der Waals surface area contributed by atoms with Gasteiger partial charge in [-0.05, 0) is 96.3 Å². The molecular weight excluding hydrogens is 935 g/mol. The van der Waals surface area contributed by atoms with Crippen molar-refractivity contribution in [2.24, 2.45) is 0 Å². The Bertz CT molecular complexity index is 1540. The van der Waals surface area contributed by atoms with Gasteiger partial charge >= 0.3 is 0 Å². The van der Waals surface area contributed by atoms with Crippen molar-refractivity contribution in [1.29, 1.82) is 0 Å². The number of amides is 1. The number of aliphatic hydroxyl groups excluding tert-OH is 5. The Morgan fingerprint density at radius 2 is 0.840 bits per heavy atom. The van der Waals surface area contributed by atoms with Crippen molar-refractivity contribution in [3.05, 3.63) is 109 Å². The van der Waals surface area contributed by atoms with Gasteiger partial charge in [-0.1, -0.05) is 252 Å². The molecule has 1 aliphatic heterocycles. The van der Waals surface area contributed by atoms with Crippen LogP contribution in [-0.4, -0.2) is 87.5 Å². The highest BCUT2D eigenvalue weighted by Gasteiger charge is 2.44. The number of allylic oxidation sites excluding steroid dienone is 17. The van der Waals surface area contributed by atoms with Crippen LogP contribution < -0.4 is 5.32 Å². The number of rotatable bonds is 51. The zero-order chi connectivity index (χ0) is 54.3. The SMILES string of the molecule is CC/C=C\C/C=C\C/C=C\C/C=C\C/C=C\C/C=C\CCCCCCCCC(=O)NC(COC1OC(CO)C(O)C(O)C1O)C(O)/C=C/CC/C=C/CC/C=C/CCCCCCCCCCCCCCCCCCC. The number of aliphatic hydroxyl groups is 5. The van der Waals surface area contributed by atoms with Gasteiger partial charge in [-0.25, -0.2) is 0 Å². The molecular formula is C66H113NO8. The van der Waals surface area contributed by atoms with Gasteiger partial charge in [-0.3, -0.25) is 4.79 Å². The van der Waals surface area contributed by atoms with E-state index in [4.69, 9.17) is 9.47 Å². The molecule has 7 atom stereocenters. The second-order valence-corrected chi connectivity index (χ2v) is 20.7. The van der Waals surface area contributed by atoms with Crippen LogP contribution in [0.25, 0.3) is 0 Å². The highest BCUT2D eigenvalue weighted by atomic mass is 16.7. The first-order valence-electron chi connectivity index (χ1n) is 30.6. The summed E-state index contributed by atoms with van der Waals surface area (Å²) in [5.74, 6) is -0.209. The van der Waals surface area contributed by atoms with Gasteiger partial charge in [0.15, 0.2) is 6.29 Å². The summed E-state index contributed by atoms with van der Waals surface area (Å²) < 4.78 is 11.3. The van der Waals surface area contributed by atoms with E-state index < -0.39 is 49.5 Å². The molecule has 0 spiro atoms. The number of unbranched alkanes of at least 4 members (excludes halogenated alkanes) is 25. The summed E-state index contributed by atoms with van der Waals surface area (Å²) in [6.45, 7) is 3.64. The topological polar surface area (TPSA) is 149 Å². The van der Waals surface area contributed by atoms with E-state index in [1.807, 2.05) is 6.08 Å². The molecule has 9 nitrogen and oxygen atoms in total. The lowest BCUT2D eigenvalue weighted by Crippen LogP contribution is -2.60. The molecule has 0 radical (unpaired) electrons. The smallest absolute Gasteiger partial charge is 0.220 e. The van der Waals surface area contributed by atoms with Crippen LogP contribution in [0.3, 0.4) is 0 Å². The largest absolute Gasteiger partial charge is 0.394 e. The van der Waals surface area contributed by atoms with Crippen LogP contribution in [0.15, 0.2) is 109 Å². The summed E-state index contributed by atoms with van der Waals surface area (Å²) >= 11 is 0. The maximum Gasteiger partial charge on any atom is 0.220 e. The molecule has 0 aromatic heterocycles. The summed E-state index contributed by atoms with van der Waals surface area (Å²) in [6.07, 6.45) is 73.0. The zero-order valence-electron chi connectivity index (χ0n) is 47.8. The first kappa shape index (κ1) is 69.9. The normalized spacial score (nSPS) is 19.7. The van der Waals surface area contributed by atoms with Gasteiger partial charge in [0.25, 0.3) is 0 Å². The summed E-state index contributed by atoms with van der Waals surface area (Å²) in [5, 5.41) is 54.6. The summed E-state index contributed by atoms with van der Waals surface area (Å²) in [7, 11) is 0. The minimum atomic E-state index is -1.59. The molecule has 1 rings (SSSR count). The monoisotopic (exact) mass is 1050 g/mol. The van der Waals surface area contributed by atoms with Crippen molar-refractivity contribution in [1.82, 2.24) is 5.32 Å². The highest BCUT2D eigenvalue weighted by molar-refractivity contribution is 5.76. The molecule has 9 heteroatoms. The molecule has 0 bridgehead atoms. The fourth-order valence-electron chi connectivity index (χ4n) is 9.02. The van der Waals surface area contributed by atoms with E-state index in [1.165, 1.54) is 109 Å². The minimum Gasteiger partial charge on any atom is -0.394 e. The average Bonchev–Trinajstić information content (AvgIpc) is 3.41. The third-order valence-corrected chi connectivity index (χ3v) is 13.8. The molecule has 0 aromatic rings. The average molecular weight is 1050 g/mol. The standard InChI is InChI=1S/C66H113NO8/c1-3-5-7-9-11-13-15-17-19-21-23-25-27-29-30-32-33-35-37-39-41-43-45-47-49-51-53-55-60(69)59(58-74-66-65(73)64(72)63(71)61(57-68)75-66)67-62(70)56-54-52-50-48-46-44-42-40-38-36-34-31-28-26-24-22-20-18-16-14-12-10-8-6-4-2/h6,8,12,14,18,20,24,26,31,34,37-40,45,47,53,55,59-61,63-66,68-69,71-73H,3-5,7,9-11,13,15-17,19,21-23,25,27-30,32-33,35-36,41-44,46,48-52,54,56-58H2,1-2H3,(H,67,70)/b8-6-,14-12-,20-18-,26-24-,34-31-,39-37+,40-38-,47-45+,55-53+. The third kappa shape index (κ3) is 43.5. The van der Waals surface area contributed by atoms with Gasteiger partial charge < -0.3 is 40.3 Å². The number of hydrogen-bond acceptors (Lipinski definition) is 8. The van der Waals surface area contributed by atoms with Crippen LogP contribution in [0, 0.1) is 0 Å². The van der Waals surface area contributed by atoms with Crippen LogP contribution in [0.4, 0.5) is 0 Å². The maximum atomic E-state index is 13.1. The van der Waals surface area contributed by atoms with Gasteiger partial charge in [0.2, 0.25) is 5.91 Å². The van der Waals surface area contributed by atoms with Gasteiger partial charge in [-0.15, -0.1) is 0 Å². The lowest BCUT2D eigenvalue weighted by molar-refractivity contribution is -0.302. The minimum absolute atomic E-state index is 0.209. The van der Waals surface area contributed by atoms with Crippen LogP contribution in [0.2, 0.25) is 0 Å². The van der Waals surface area contributed by atoms with E-state index >= 15 is 0 Å². The fourth-order valence-corrected chi connectivity index (χ4v) is 9.02. The molecule has 1 aliphatic rings. The summed E-state index contributed by atoms with van der Waals surface area (Å²) in [5.41, 5.74) is 0. The van der Waals surface area contributed by atoms with Crippen molar-refractivity contribution >= 4 is 5.91 Å². The Balaban J connectivity index is 2.27. The predicted octanol–water partition coefficient (Wildman–Crippen LogP) is 15.7. The third-order valence-electron chi connectivity index (χ3n) is 13.8. The number of carbonyl (C=O) groups is 1. The van der Waals surface area contributed by atoms with E-state index in [0.717, 1.165) is 116 Å². The molecule has 0 aliphatic carbocycles. The Kier molecular flexibility index (Phi) is 50.5. The molecule has 6 N–H and O–H groups in total.